The van der Waals surface area contributed by atoms with Crippen LogP contribution in [0, 0.1) is 5.92 Å². The van der Waals surface area contributed by atoms with Crippen molar-refractivity contribution >= 4 is 12.0 Å². The van der Waals surface area contributed by atoms with Crippen LogP contribution >= 0.6 is 0 Å². The summed E-state index contributed by atoms with van der Waals surface area (Å²) in [5.74, 6) is 0.820. The molecule has 1 N–H and O–H groups in total. The summed E-state index contributed by atoms with van der Waals surface area (Å²) in [6.45, 7) is 2.25. The van der Waals surface area contributed by atoms with E-state index in [0.29, 0.717) is 5.75 Å². The molecule has 1 aliphatic rings. The van der Waals surface area contributed by atoms with Gasteiger partial charge in [0, 0.05) is 12.1 Å². The van der Waals surface area contributed by atoms with Gasteiger partial charge in [0.25, 0.3) is 0 Å². The van der Waals surface area contributed by atoms with Gasteiger partial charge in [-0.05, 0) is 49.3 Å². The van der Waals surface area contributed by atoms with Gasteiger partial charge >= 0.3 is 29.6 Å². The minimum absolute atomic E-state index is 0. The van der Waals surface area contributed by atoms with Crippen LogP contribution in [0.25, 0.3) is 6.08 Å². The minimum Gasteiger partial charge on any atom is -0.870 e. The fraction of sp³-hybridized carbons (Fsp3) is 0.471. The Bertz CT molecular complexity index is 523. The number of hydrogen-bond acceptors (Lipinski definition) is 3. The van der Waals surface area contributed by atoms with Gasteiger partial charge in [0.2, 0.25) is 5.91 Å². The van der Waals surface area contributed by atoms with Crippen molar-refractivity contribution in [2.75, 3.05) is 7.11 Å². The Balaban J connectivity index is 0.00000242. The van der Waals surface area contributed by atoms with Gasteiger partial charge in [0.1, 0.15) is 5.75 Å². The summed E-state index contributed by atoms with van der Waals surface area (Å²) in [4.78, 5) is 11.9. The van der Waals surface area contributed by atoms with E-state index >= 15 is 0 Å². The van der Waals surface area contributed by atoms with Gasteiger partial charge in [-0.15, -0.1) is 0 Å². The Morgan fingerprint density at radius 1 is 1.32 bits per heavy atom. The molecule has 0 atom stereocenters. The summed E-state index contributed by atoms with van der Waals surface area (Å²) in [6.07, 6.45) is 7.67. The van der Waals surface area contributed by atoms with Crippen LogP contribution in [0.15, 0.2) is 24.3 Å². The molecule has 4 nitrogen and oxygen atoms in total. The molecule has 0 heterocycles. The summed E-state index contributed by atoms with van der Waals surface area (Å²) in [5, 5.41) is 14.4. The van der Waals surface area contributed by atoms with Crippen molar-refractivity contribution in [1.29, 1.82) is 0 Å². The maximum atomic E-state index is 11.9. The van der Waals surface area contributed by atoms with Crippen LogP contribution in [0.2, 0.25) is 0 Å². The molecule has 5 heteroatoms. The Labute approximate surface area is 154 Å². The number of amides is 1. The van der Waals surface area contributed by atoms with E-state index < -0.39 is 0 Å². The quantitative estimate of drug-likeness (QED) is 0.601. The standard InChI is InChI=1S/C17H23NO3.Na/c1-12-3-7-14(8-4-12)18-17(20)10-6-13-5-9-15(19)16(11-13)21-2;/h5-6,9-12,14,19H,3-4,7-8H2,1-2H3,(H,18,20);/q;+1/p-1/b10-6+;/t12-,14-;. The summed E-state index contributed by atoms with van der Waals surface area (Å²) in [7, 11) is 1.46. The van der Waals surface area contributed by atoms with E-state index in [0.717, 1.165) is 24.3 Å². The van der Waals surface area contributed by atoms with Crippen molar-refractivity contribution in [3.63, 3.8) is 0 Å². The topological polar surface area (TPSA) is 61.4 Å². The summed E-state index contributed by atoms with van der Waals surface area (Å²) < 4.78 is 4.98. The Morgan fingerprint density at radius 2 is 2.00 bits per heavy atom. The summed E-state index contributed by atoms with van der Waals surface area (Å²) in [6, 6.07) is 5.04. The third-order valence-electron chi connectivity index (χ3n) is 3.98. The number of methoxy groups -OCH3 is 1. The number of carbonyl (C=O) groups excluding carboxylic acids is 1. The molecule has 1 fully saturated rings. The first-order chi connectivity index (χ1) is 10.1. The van der Waals surface area contributed by atoms with E-state index in [4.69, 9.17) is 4.74 Å². The van der Waals surface area contributed by atoms with Gasteiger partial charge in [0.15, 0.2) is 0 Å². The number of nitrogens with one attached hydrogen (secondary N) is 1. The molecule has 0 aromatic heterocycles. The second kappa shape index (κ2) is 9.23. The molecule has 0 radical (unpaired) electrons. The molecule has 114 valence electrons. The van der Waals surface area contributed by atoms with Crippen LogP contribution in [-0.2, 0) is 4.79 Å². The number of hydrogen-bond donors (Lipinski definition) is 1. The monoisotopic (exact) mass is 311 g/mol. The second-order valence-electron chi connectivity index (χ2n) is 5.71. The maximum Gasteiger partial charge on any atom is 1.00 e. The average Bonchev–Trinajstić information content (AvgIpc) is 2.49. The van der Waals surface area contributed by atoms with Gasteiger partial charge in [-0.3, -0.25) is 4.79 Å². The number of carbonyl (C=O) groups is 1. The number of benzene rings is 1. The molecule has 22 heavy (non-hydrogen) atoms. The van der Waals surface area contributed by atoms with Gasteiger partial charge in [-0.2, -0.15) is 0 Å². The fourth-order valence-corrected chi connectivity index (χ4v) is 2.61. The zero-order chi connectivity index (χ0) is 15.2. The fourth-order valence-electron chi connectivity index (χ4n) is 2.61. The molecule has 0 saturated heterocycles. The van der Waals surface area contributed by atoms with Crippen molar-refractivity contribution in [2.24, 2.45) is 5.92 Å². The molecule has 0 bridgehead atoms. The molecule has 0 unspecified atom stereocenters. The molecule has 2 rings (SSSR count). The van der Waals surface area contributed by atoms with E-state index in [1.807, 2.05) is 0 Å². The molecule has 1 aromatic carbocycles. The molecule has 1 aromatic rings. The zero-order valence-electron chi connectivity index (χ0n) is 13.6. The SMILES string of the molecule is COc1cc(/C=C/C(=O)N[C@H]2CC[C@H](C)CC2)ccc1[O-].[Na+]. The second-order valence-corrected chi connectivity index (χ2v) is 5.71. The van der Waals surface area contributed by atoms with E-state index in [9.17, 15) is 9.90 Å². The Morgan fingerprint density at radius 3 is 2.64 bits per heavy atom. The smallest absolute Gasteiger partial charge is 0.870 e. The third kappa shape index (κ3) is 5.67. The normalized spacial score (nSPS) is 21.2. The van der Waals surface area contributed by atoms with Crippen molar-refractivity contribution in [1.82, 2.24) is 5.32 Å². The van der Waals surface area contributed by atoms with E-state index in [1.54, 1.807) is 18.2 Å². The van der Waals surface area contributed by atoms with Crippen LogP contribution in [0.4, 0.5) is 0 Å². The molecule has 1 aliphatic carbocycles. The first-order valence-corrected chi connectivity index (χ1v) is 7.42. The first kappa shape index (κ1) is 19.1. The Kier molecular flexibility index (Phi) is 8.01. The first-order valence-electron chi connectivity index (χ1n) is 7.42. The van der Waals surface area contributed by atoms with Gasteiger partial charge in [-0.25, -0.2) is 0 Å². The largest absolute Gasteiger partial charge is 1.00 e. The molecular formula is C17H22NNaO3. The molecule has 1 amide bonds. The average molecular weight is 311 g/mol. The molecule has 0 aliphatic heterocycles. The van der Waals surface area contributed by atoms with Gasteiger partial charge in [0.05, 0.1) is 7.11 Å². The predicted octanol–water partition coefficient (Wildman–Crippen LogP) is -0.519. The molecule has 0 spiro atoms. The van der Waals surface area contributed by atoms with Crippen molar-refractivity contribution in [2.45, 2.75) is 38.6 Å². The van der Waals surface area contributed by atoms with Crippen molar-refractivity contribution in [3.05, 3.63) is 29.8 Å². The summed E-state index contributed by atoms with van der Waals surface area (Å²) >= 11 is 0. The zero-order valence-corrected chi connectivity index (χ0v) is 15.6. The van der Waals surface area contributed by atoms with Crippen molar-refractivity contribution in [3.8, 4) is 11.5 Å². The van der Waals surface area contributed by atoms with E-state index in [-0.39, 0.29) is 47.3 Å². The van der Waals surface area contributed by atoms with Gasteiger partial charge in [-0.1, -0.05) is 24.8 Å². The Hall–Kier alpha value is -0.970. The minimum atomic E-state index is -0.157. The molecular weight excluding hydrogens is 289 g/mol. The van der Waals surface area contributed by atoms with Gasteiger partial charge < -0.3 is 15.2 Å². The maximum absolute atomic E-state index is 11.9. The van der Waals surface area contributed by atoms with Crippen LogP contribution in [0.5, 0.6) is 11.5 Å². The van der Waals surface area contributed by atoms with Crippen LogP contribution < -0.4 is 44.7 Å². The van der Waals surface area contributed by atoms with Crippen LogP contribution in [-0.4, -0.2) is 19.1 Å². The summed E-state index contributed by atoms with van der Waals surface area (Å²) in [5.41, 5.74) is 0.777. The number of ether oxygens (including phenoxy) is 1. The number of rotatable bonds is 4. The van der Waals surface area contributed by atoms with Crippen molar-refractivity contribution < 1.29 is 44.2 Å². The predicted molar refractivity (Wildman–Crippen MR) is 81.0 cm³/mol. The van der Waals surface area contributed by atoms with E-state index in [2.05, 4.69) is 12.2 Å². The third-order valence-corrected chi connectivity index (χ3v) is 3.98. The molecule has 1 saturated carbocycles. The van der Waals surface area contributed by atoms with E-state index in [1.165, 1.54) is 32.1 Å². The van der Waals surface area contributed by atoms with Crippen LogP contribution in [0.1, 0.15) is 38.2 Å². The van der Waals surface area contributed by atoms with Crippen LogP contribution in [0.3, 0.4) is 0 Å².